The molecule has 2 aromatic rings. The van der Waals surface area contributed by atoms with E-state index >= 15 is 0 Å². The van der Waals surface area contributed by atoms with Gasteiger partial charge in [0.2, 0.25) is 11.8 Å². The minimum absolute atomic E-state index is 0.245. The SMILES string of the molecule is O=C(CN1CCC(c2nnc(-c3cnccn3)o2)CC1)N1CCCCC1. The summed E-state index contributed by atoms with van der Waals surface area (Å²) in [6.45, 7) is 4.13. The average Bonchev–Trinajstić information content (AvgIpc) is 3.20. The first-order valence-corrected chi connectivity index (χ1v) is 9.39. The van der Waals surface area contributed by atoms with Crippen molar-refractivity contribution in [2.24, 2.45) is 0 Å². The van der Waals surface area contributed by atoms with Gasteiger partial charge >= 0.3 is 0 Å². The molecule has 0 spiro atoms. The molecule has 2 fully saturated rings. The largest absolute Gasteiger partial charge is 0.419 e. The molecule has 0 N–H and O–H groups in total. The molecule has 2 aromatic heterocycles. The number of aromatic nitrogens is 4. The molecule has 8 nitrogen and oxygen atoms in total. The Labute approximate surface area is 152 Å². The van der Waals surface area contributed by atoms with Crippen LogP contribution in [0.1, 0.15) is 43.9 Å². The van der Waals surface area contributed by atoms with Crippen molar-refractivity contribution >= 4 is 5.91 Å². The number of hydrogen-bond donors (Lipinski definition) is 0. The molecule has 2 saturated heterocycles. The maximum Gasteiger partial charge on any atom is 0.267 e. The van der Waals surface area contributed by atoms with Gasteiger partial charge in [0.15, 0.2) is 0 Å². The molecule has 4 heterocycles. The Morgan fingerprint density at radius 3 is 2.62 bits per heavy atom. The first-order chi connectivity index (χ1) is 12.8. The van der Waals surface area contributed by atoms with Crippen LogP contribution >= 0.6 is 0 Å². The van der Waals surface area contributed by atoms with E-state index in [1.165, 1.54) is 6.42 Å². The number of likely N-dealkylation sites (tertiary alicyclic amines) is 2. The van der Waals surface area contributed by atoms with Crippen LogP contribution in [0.25, 0.3) is 11.6 Å². The molecule has 8 heteroatoms. The number of piperidine rings is 2. The number of nitrogens with zero attached hydrogens (tertiary/aromatic N) is 6. The molecule has 1 amide bonds. The van der Waals surface area contributed by atoms with Gasteiger partial charge in [0.1, 0.15) is 5.69 Å². The molecule has 2 aliphatic heterocycles. The van der Waals surface area contributed by atoms with Crippen molar-refractivity contribution in [2.75, 3.05) is 32.7 Å². The lowest BCUT2D eigenvalue weighted by atomic mass is 9.97. The lowest BCUT2D eigenvalue weighted by Gasteiger charge is -2.33. The summed E-state index contributed by atoms with van der Waals surface area (Å²) in [6.07, 6.45) is 10.2. The normalized spacial score (nSPS) is 19.6. The Hall–Kier alpha value is -2.35. The topological polar surface area (TPSA) is 88.2 Å². The predicted molar refractivity (Wildman–Crippen MR) is 94.2 cm³/mol. The quantitative estimate of drug-likeness (QED) is 0.824. The molecular weight excluding hydrogens is 332 g/mol. The molecule has 0 bridgehead atoms. The number of carbonyl (C=O) groups is 1. The van der Waals surface area contributed by atoms with E-state index in [-0.39, 0.29) is 11.8 Å². The van der Waals surface area contributed by atoms with Crippen LogP contribution in [0.5, 0.6) is 0 Å². The van der Waals surface area contributed by atoms with Crippen molar-refractivity contribution in [3.8, 4) is 11.6 Å². The van der Waals surface area contributed by atoms with E-state index in [0.717, 1.165) is 51.9 Å². The van der Waals surface area contributed by atoms with Gasteiger partial charge in [-0.05, 0) is 45.2 Å². The van der Waals surface area contributed by atoms with Gasteiger partial charge in [-0.15, -0.1) is 10.2 Å². The number of hydrogen-bond acceptors (Lipinski definition) is 7. The number of rotatable bonds is 4. The van der Waals surface area contributed by atoms with Crippen LogP contribution in [0.3, 0.4) is 0 Å². The smallest absolute Gasteiger partial charge is 0.267 e. The van der Waals surface area contributed by atoms with Gasteiger partial charge in [0, 0.05) is 31.4 Å². The Kier molecular flexibility index (Phi) is 5.19. The van der Waals surface area contributed by atoms with Gasteiger partial charge < -0.3 is 9.32 Å². The summed E-state index contributed by atoms with van der Waals surface area (Å²) in [4.78, 5) is 24.9. The predicted octanol–water partition coefficient (Wildman–Crippen LogP) is 1.72. The molecule has 0 aromatic carbocycles. The monoisotopic (exact) mass is 356 g/mol. The van der Waals surface area contributed by atoms with Crippen molar-refractivity contribution in [1.29, 1.82) is 0 Å². The number of carbonyl (C=O) groups excluding carboxylic acids is 1. The third-order valence-corrected chi connectivity index (χ3v) is 5.23. The lowest BCUT2D eigenvalue weighted by Crippen LogP contribution is -2.44. The van der Waals surface area contributed by atoms with Crippen molar-refractivity contribution < 1.29 is 9.21 Å². The second-order valence-corrected chi connectivity index (χ2v) is 7.03. The molecule has 0 saturated carbocycles. The summed E-state index contributed by atoms with van der Waals surface area (Å²) in [6, 6.07) is 0. The molecule has 0 unspecified atom stereocenters. The third kappa shape index (κ3) is 3.90. The Balaban J connectivity index is 1.30. The van der Waals surface area contributed by atoms with E-state index in [0.29, 0.717) is 24.0 Å². The van der Waals surface area contributed by atoms with Gasteiger partial charge in [0.05, 0.1) is 12.7 Å². The summed E-state index contributed by atoms with van der Waals surface area (Å²) in [7, 11) is 0. The molecule has 26 heavy (non-hydrogen) atoms. The first kappa shape index (κ1) is 17.1. The van der Waals surface area contributed by atoms with Gasteiger partial charge in [-0.1, -0.05) is 0 Å². The lowest BCUT2D eigenvalue weighted by molar-refractivity contribution is -0.133. The van der Waals surface area contributed by atoms with Crippen LogP contribution < -0.4 is 0 Å². The average molecular weight is 356 g/mol. The zero-order chi connectivity index (χ0) is 17.8. The summed E-state index contributed by atoms with van der Waals surface area (Å²) in [5, 5.41) is 8.29. The molecule has 4 rings (SSSR count). The first-order valence-electron chi connectivity index (χ1n) is 9.39. The van der Waals surface area contributed by atoms with Crippen molar-refractivity contribution in [3.63, 3.8) is 0 Å². The van der Waals surface area contributed by atoms with E-state index in [4.69, 9.17) is 4.42 Å². The van der Waals surface area contributed by atoms with E-state index in [1.807, 2.05) is 4.90 Å². The fourth-order valence-electron chi connectivity index (χ4n) is 3.69. The number of amides is 1. The fourth-order valence-corrected chi connectivity index (χ4v) is 3.69. The van der Waals surface area contributed by atoms with Crippen molar-refractivity contribution in [3.05, 3.63) is 24.5 Å². The minimum Gasteiger partial charge on any atom is -0.419 e. The molecule has 0 aliphatic carbocycles. The Bertz CT molecular complexity index is 720. The zero-order valence-corrected chi connectivity index (χ0v) is 14.9. The van der Waals surface area contributed by atoms with E-state index in [9.17, 15) is 4.79 Å². The van der Waals surface area contributed by atoms with Crippen LogP contribution in [0.2, 0.25) is 0 Å². The highest BCUT2D eigenvalue weighted by Gasteiger charge is 2.27. The van der Waals surface area contributed by atoms with Gasteiger partial charge in [0.25, 0.3) is 5.89 Å². The Morgan fingerprint density at radius 1 is 1.08 bits per heavy atom. The molecule has 0 atom stereocenters. The Morgan fingerprint density at radius 2 is 1.88 bits per heavy atom. The highest BCUT2D eigenvalue weighted by Crippen LogP contribution is 2.28. The molecule has 0 radical (unpaired) electrons. The highest BCUT2D eigenvalue weighted by molar-refractivity contribution is 5.78. The maximum absolute atomic E-state index is 12.4. The molecule has 138 valence electrons. The van der Waals surface area contributed by atoms with Crippen LogP contribution in [-0.4, -0.2) is 68.6 Å². The molecular formula is C18H24N6O2. The third-order valence-electron chi connectivity index (χ3n) is 5.23. The summed E-state index contributed by atoms with van der Waals surface area (Å²) in [5.74, 6) is 1.59. The standard InChI is InChI=1S/C18H24N6O2/c25-16(24-8-2-1-3-9-24)13-23-10-4-14(5-11-23)17-21-22-18(26-17)15-12-19-6-7-20-15/h6-7,12,14H,1-5,8-11,13H2. The zero-order valence-electron chi connectivity index (χ0n) is 14.9. The van der Waals surface area contributed by atoms with Crippen LogP contribution in [0.4, 0.5) is 0 Å². The van der Waals surface area contributed by atoms with Crippen LogP contribution in [0, 0.1) is 0 Å². The van der Waals surface area contributed by atoms with Gasteiger partial charge in [-0.3, -0.25) is 14.7 Å². The van der Waals surface area contributed by atoms with E-state index < -0.39 is 0 Å². The maximum atomic E-state index is 12.4. The van der Waals surface area contributed by atoms with Crippen LogP contribution in [-0.2, 0) is 4.79 Å². The fraction of sp³-hybridized carbons (Fsp3) is 0.611. The summed E-state index contributed by atoms with van der Waals surface area (Å²) >= 11 is 0. The minimum atomic E-state index is 0.245. The summed E-state index contributed by atoms with van der Waals surface area (Å²) < 4.78 is 5.80. The van der Waals surface area contributed by atoms with Gasteiger partial charge in [-0.2, -0.15) is 0 Å². The van der Waals surface area contributed by atoms with Crippen LogP contribution in [0.15, 0.2) is 23.0 Å². The molecule has 2 aliphatic rings. The second kappa shape index (κ2) is 7.90. The van der Waals surface area contributed by atoms with Crippen molar-refractivity contribution in [1.82, 2.24) is 30.0 Å². The van der Waals surface area contributed by atoms with Gasteiger partial charge in [-0.25, -0.2) is 4.98 Å². The second-order valence-electron chi connectivity index (χ2n) is 7.03. The highest BCUT2D eigenvalue weighted by atomic mass is 16.4. The van der Waals surface area contributed by atoms with E-state index in [1.54, 1.807) is 18.6 Å². The van der Waals surface area contributed by atoms with Crippen molar-refractivity contribution in [2.45, 2.75) is 38.0 Å². The summed E-state index contributed by atoms with van der Waals surface area (Å²) in [5.41, 5.74) is 0.593. The van der Waals surface area contributed by atoms with E-state index in [2.05, 4.69) is 25.1 Å².